The molecule has 1 fully saturated rings. The zero-order valence-corrected chi connectivity index (χ0v) is 10.9. The Bertz CT molecular complexity index is 160. The molecule has 0 aromatic carbocycles. The molecule has 1 nitrogen and oxygen atoms in total. The normalized spacial score (nSPS) is 20.4. The standard InChI is InChI=1S/C12H25NS/c1-10(2)12(3,4)9-13-11-5-7-14-8-6-11/h10-11,13H,5-9H2,1-4H3. The fraction of sp³-hybridized carbons (Fsp3) is 1.00. The Labute approximate surface area is 93.4 Å². The fourth-order valence-electron chi connectivity index (χ4n) is 1.51. The number of thioether (sulfide) groups is 1. The Morgan fingerprint density at radius 2 is 1.86 bits per heavy atom. The van der Waals surface area contributed by atoms with Gasteiger partial charge in [0.05, 0.1) is 0 Å². The van der Waals surface area contributed by atoms with Crippen molar-refractivity contribution < 1.29 is 0 Å². The lowest BCUT2D eigenvalue weighted by Crippen LogP contribution is -2.41. The van der Waals surface area contributed by atoms with E-state index in [1.807, 2.05) is 0 Å². The van der Waals surface area contributed by atoms with Crippen LogP contribution in [0.5, 0.6) is 0 Å². The summed E-state index contributed by atoms with van der Waals surface area (Å²) >= 11 is 2.10. The summed E-state index contributed by atoms with van der Waals surface area (Å²) < 4.78 is 0. The number of nitrogens with one attached hydrogen (secondary N) is 1. The largest absolute Gasteiger partial charge is 0.313 e. The molecule has 1 saturated heterocycles. The first-order chi connectivity index (χ1) is 6.52. The first kappa shape index (κ1) is 12.4. The molecular weight excluding hydrogens is 190 g/mol. The van der Waals surface area contributed by atoms with Crippen LogP contribution in [0, 0.1) is 11.3 Å². The Morgan fingerprint density at radius 3 is 2.36 bits per heavy atom. The summed E-state index contributed by atoms with van der Waals surface area (Å²) in [7, 11) is 0. The topological polar surface area (TPSA) is 12.0 Å². The SMILES string of the molecule is CC(C)C(C)(C)CNC1CCSCC1. The van der Waals surface area contributed by atoms with Gasteiger partial charge in [-0.2, -0.15) is 11.8 Å². The number of hydrogen-bond acceptors (Lipinski definition) is 2. The van der Waals surface area contributed by atoms with E-state index in [-0.39, 0.29) is 0 Å². The van der Waals surface area contributed by atoms with Crippen LogP contribution < -0.4 is 5.32 Å². The van der Waals surface area contributed by atoms with Crippen LogP contribution in [0.3, 0.4) is 0 Å². The molecule has 0 amide bonds. The van der Waals surface area contributed by atoms with Gasteiger partial charge in [-0.1, -0.05) is 27.7 Å². The maximum absolute atomic E-state index is 3.73. The molecule has 0 aromatic rings. The first-order valence-electron chi connectivity index (χ1n) is 5.83. The highest BCUT2D eigenvalue weighted by Crippen LogP contribution is 2.26. The minimum absolute atomic E-state index is 0.435. The molecule has 1 N–H and O–H groups in total. The fourth-order valence-corrected chi connectivity index (χ4v) is 2.62. The van der Waals surface area contributed by atoms with Crippen LogP contribution in [0.4, 0.5) is 0 Å². The number of rotatable bonds is 4. The van der Waals surface area contributed by atoms with Crippen LogP contribution in [0.2, 0.25) is 0 Å². The molecule has 0 spiro atoms. The average Bonchev–Trinajstić information content (AvgIpc) is 2.16. The summed E-state index contributed by atoms with van der Waals surface area (Å²) in [6.07, 6.45) is 2.72. The van der Waals surface area contributed by atoms with Crippen molar-refractivity contribution >= 4 is 11.8 Å². The molecule has 0 atom stereocenters. The molecular formula is C12H25NS. The van der Waals surface area contributed by atoms with E-state index in [9.17, 15) is 0 Å². The molecule has 1 aliphatic rings. The van der Waals surface area contributed by atoms with Crippen LogP contribution in [-0.4, -0.2) is 24.1 Å². The maximum Gasteiger partial charge on any atom is 0.00830 e. The lowest BCUT2D eigenvalue weighted by atomic mass is 9.81. The van der Waals surface area contributed by atoms with Crippen molar-refractivity contribution in [3.8, 4) is 0 Å². The summed E-state index contributed by atoms with van der Waals surface area (Å²) in [5.74, 6) is 3.45. The first-order valence-corrected chi connectivity index (χ1v) is 6.99. The van der Waals surface area contributed by atoms with Gasteiger partial charge in [0.15, 0.2) is 0 Å². The Morgan fingerprint density at radius 1 is 1.29 bits per heavy atom. The average molecular weight is 215 g/mol. The third-order valence-corrected chi connectivity index (χ3v) is 4.68. The molecule has 1 aliphatic heterocycles. The van der Waals surface area contributed by atoms with Gasteiger partial charge in [-0.25, -0.2) is 0 Å². The maximum atomic E-state index is 3.73. The monoisotopic (exact) mass is 215 g/mol. The van der Waals surface area contributed by atoms with E-state index in [2.05, 4.69) is 44.8 Å². The predicted molar refractivity (Wildman–Crippen MR) is 67.0 cm³/mol. The quantitative estimate of drug-likeness (QED) is 0.773. The molecule has 0 saturated carbocycles. The zero-order valence-electron chi connectivity index (χ0n) is 10.1. The summed E-state index contributed by atoms with van der Waals surface area (Å²) in [6, 6.07) is 0.786. The second-order valence-corrected chi connectivity index (χ2v) is 6.64. The van der Waals surface area contributed by atoms with Crippen molar-refractivity contribution in [1.82, 2.24) is 5.32 Å². The van der Waals surface area contributed by atoms with Crippen LogP contribution in [0.15, 0.2) is 0 Å². The van der Waals surface area contributed by atoms with Crippen molar-refractivity contribution in [3.63, 3.8) is 0 Å². The summed E-state index contributed by atoms with van der Waals surface area (Å²) in [5.41, 5.74) is 0.435. The summed E-state index contributed by atoms with van der Waals surface area (Å²) in [4.78, 5) is 0. The van der Waals surface area contributed by atoms with Crippen LogP contribution >= 0.6 is 11.8 Å². The van der Waals surface area contributed by atoms with Gasteiger partial charge < -0.3 is 5.32 Å². The molecule has 0 aromatic heterocycles. The van der Waals surface area contributed by atoms with E-state index < -0.39 is 0 Å². The van der Waals surface area contributed by atoms with Crippen molar-refractivity contribution in [3.05, 3.63) is 0 Å². The Balaban J connectivity index is 2.24. The zero-order chi connectivity index (χ0) is 10.6. The summed E-state index contributed by atoms with van der Waals surface area (Å²) in [6.45, 7) is 10.5. The minimum Gasteiger partial charge on any atom is -0.313 e. The van der Waals surface area contributed by atoms with Gasteiger partial charge in [0.1, 0.15) is 0 Å². The van der Waals surface area contributed by atoms with Crippen molar-refractivity contribution in [1.29, 1.82) is 0 Å². The van der Waals surface area contributed by atoms with Gasteiger partial charge in [-0.05, 0) is 35.7 Å². The smallest absolute Gasteiger partial charge is 0.00830 e. The highest BCUT2D eigenvalue weighted by atomic mass is 32.2. The molecule has 84 valence electrons. The van der Waals surface area contributed by atoms with E-state index in [1.54, 1.807) is 0 Å². The lowest BCUT2D eigenvalue weighted by Gasteiger charge is -2.33. The molecule has 0 unspecified atom stereocenters. The van der Waals surface area contributed by atoms with Gasteiger partial charge in [0, 0.05) is 12.6 Å². The predicted octanol–water partition coefficient (Wildman–Crippen LogP) is 3.15. The van der Waals surface area contributed by atoms with E-state index in [0.717, 1.165) is 12.0 Å². The van der Waals surface area contributed by atoms with Crippen LogP contribution in [0.25, 0.3) is 0 Å². The molecule has 0 radical (unpaired) electrons. The molecule has 1 rings (SSSR count). The number of hydrogen-bond donors (Lipinski definition) is 1. The van der Waals surface area contributed by atoms with Gasteiger partial charge >= 0.3 is 0 Å². The van der Waals surface area contributed by atoms with Crippen molar-refractivity contribution in [2.24, 2.45) is 11.3 Å². The second-order valence-electron chi connectivity index (χ2n) is 5.41. The van der Waals surface area contributed by atoms with E-state index >= 15 is 0 Å². The van der Waals surface area contributed by atoms with Gasteiger partial charge in [-0.3, -0.25) is 0 Å². The molecule has 0 bridgehead atoms. The molecule has 14 heavy (non-hydrogen) atoms. The summed E-state index contributed by atoms with van der Waals surface area (Å²) in [5, 5.41) is 3.73. The third-order valence-electron chi connectivity index (χ3n) is 3.63. The Hall–Kier alpha value is 0.310. The van der Waals surface area contributed by atoms with Crippen molar-refractivity contribution in [2.45, 2.75) is 46.6 Å². The van der Waals surface area contributed by atoms with Gasteiger partial charge in [-0.15, -0.1) is 0 Å². The van der Waals surface area contributed by atoms with Gasteiger partial charge in [0.2, 0.25) is 0 Å². The van der Waals surface area contributed by atoms with E-state index in [0.29, 0.717) is 5.41 Å². The Kier molecular flexibility index (Phi) is 4.78. The van der Waals surface area contributed by atoms with Crippen LogP contribution in [0.1, 0.15) is 40.5 Å². The lowest BCUT2D eigenvalue weighted by molar-refractivity contribution is 0.225. The molecule has 0 aliphatic carbocycles. The molecule has 1 heterocycles. The highest BCUT2D eigenvalue weighted by molar-refractivity contribution is 7.99. The van der Waals surface area contributed by atoms with E-state index in [1.165, 1.54) is 30.9 Å². The third kappa shape index (κ3) is 3.82. The highest BCUT2D eigenvalue weighted by Gasteiger charge is 2.23. The minimum atomic E-state index is 0.435. The van der Waals surface area contributed by atoms with Crippen LogP contribution in [-0.2, 0) is 0 Å². The second kappa shape index (κ2) is 5.41. The van der Waals surface area contributed by atoms with Crippen molar-refractivity contribution in [2.75, 3.05) is 18.1 Å². The molecule has 2 heteroatoms. The van der Waals surface area contributed by atoms with Gasteiger partial charge in [0.25, 0.3) is 0 Å². The van der Waals surface area contributed by atoms with E-state index in [4.69, 9.17) is 0 Å².